The van der Waals surface area contributed by atoms with Crippen LogP contribution in [-0.2, 0) is 25.5 Å². The highest BCUT2D eigenvalue weighted by molar-refractivity contribution is 5.77. The lowest BCUT2D eigenvalue weighted by atomic mass is 9.73. The molecule has 1 aromatic carbocycles. The van der Waals surface area contributed by atoms with Crippen molar-refractivity contribution in [3.05, 3.63) is 35.9 Å². The molecule has 29 heavy (non-hydrogen) atoms. The van der Waals surface area contributed by atoms with Crippen LogP contribution in [0.1, 0.15) is 24.8 Å². The number of benzene rings is 1. The first-order valence-electron chi connectivity index (χ1n) is 10.4. The lowest BCUT2D eigenvalue weighted by Gasteiger charge is -2.29. The van der Waals surface area contributed by atoms with Gasteiger partial charge in [0.1, 0.15) is 6.61 Å². The molecular formula is C22H32N2O5. The Morgan fingerprint density at radius 1 is 1.41 bits per heavy atom. The molecule has 3 saturated heterocycles. The van der Waals surface area contributed by atoms with Crippen LogP contribution in [0.4, 0.5) is 0 Å². The number of carboxylic acid groups (broad SMARTS) is 1. The number of likely N-dealkylation sites (tertiary alicyclic amines) is 1. The summed E-state index contributed by atoms with van der Waals surface area (Å²) in [6.07, 6.45) is 4.97. The Labute approximate surface area is 172 Å². The molecule has 4 rings (SSSR count). The predicted octanol–water partition coefficient (Wildman–Crippen LogP) is 1.56. The van der Waals surface area contributed by atoms with Gasteiger partial charge in [-0.15, -0.1) is 0 Å². The number of hydrogen-bond acceptors (Lipinski definition) is 5. The number of aryl methyl sites for hydroxylation is 1. The van der Waals surface area contributed by atoms with Crippen molar-refractivity contribution in [1.29, 1.82) is 0 Å². The highest BCUT2D eigenvalue weighted by Crippen LogP contribution is 2.54. The predicted molar refractivity (Wildman–Crippen MR) is 109 cm³/mol. The normalized spacial score (nSPS) is 29.8. The van der Waals surface area contributed by atoms with Gasteiger partial charge in [0.25, 0.3) is 6.47 Å². The minimum atomic E-state index is -0.250. The number of rotatable bonds is 8. The zero-order valence-corrected chi connectivity index (χ0v) is 17.1. The molecule has 2 N–H and O–H groups in total. The molecule has 1 amide bonds. The summed E-state index contributed by atoms with van der Waals surface area (Å²) >= 11 is 0. The third kappa shape index (κ3) is 5.15. The number of ether oxygens (including phenoxy) is 2. The van der Waals surface area contributed by atoms with E-state index in [0.29, 0.717) is 17.9 Å². The van der Waals surface area contributed by atoms with Crippen molar-refractivity contribution in [3.63, 3.8) is 0 Å². The highest BCUT2D eigenvalue weighted by atomic mass is 16.5. The summed E-state index contributed by atoms with van der Waals surface area (Å²) in [6.45, 7) is 3.91. The minimum Gasteiger partial charge on any atom is -0.483 e. The van der Waals surface area contributed by atoms with E-state index >= 15 is 0 Å². The van der Waals surface area contributed by atoms with Gasteiger partial charge in [-0.2, -0.15) is 0 Å². The zero-order chi connectivity index (χ0) is 20.7. The molecule has 1 aromatic rings. The molecule has 0 aromatic heterocycles. The molecule has 2 bridgehead atoms. The first kappa shape index (κ1) is 21.7. The topological polar surface area (TPSA) is 88.1 Å². The van der Waals surface area contributed by atoms with E-state index in [4.69, 9.17) is 19.4 Å². The molecule has 3 aliphatic rings. The highest BCUT2D eigenvalue weighted by Gasteiger charge is 2.62. The number of nitrogens with one attached hydrogen (secondary N) is 1. The molecule has 4 atom stereocenters. The van der Waals surface area contributed by atoms with E-state index < -0.39 is 0 Å². The fraction of sp³-hybridized carbons (Fsp3) is 0.636. The Bertz CT molecular complexity index is 670. The Kier molecular flexibility index (Phi) is 7.64. The van der Waals surface area contributed by atoms with Crippen LogP contribution < -0.4 is 5.32 Å². The minimum absolute atomic E-state index is 0.0259. The summed E-state index contributed by atoms with van der Waals surface area (Å²) in [5, 5.41) is 9.93. The summed E-state index contributed by atoms with van der Waals surface area (Å²) < 4.78 is 11.4. The maximum atomic E-state index is 11.7. The molecule has 7 heteroatoms. The van der Waals surface area contributed by atoms with E-state index in [2.05, 4.69) is 40.5 Å². The molecule has 0 radical (unpaired) electrons. The molecule has 0 aliphatic carbocycles. The molecule has 1 spiro atoms. The summed E-state index contributed by atoms with van der Waals surface area (Å²) in [5.74, 6) is 0.978. The van der Waals surface area contributed by atoms with Crippen molar-refractivity contribution in [2.75, 3.05) is 39.9 Å². The van der Waals surface area contributed by atoms with Crippen LogP contribution in [0.2, 0.25) is 0 Å². The molecule has 0 saturated carbocycles. The molecular weight excluding hydrogens is 372 g/mol. The average molecular weight is 405 g/mol. The van der Waals surface area contributed by atoms with E-state index in [-0.39, 0.29) is 24.6 Å². The summed E-state index contributed by atoms with van der Waals surface area (Å²) in [4.78, 5) is 22.7. The van der Waals surface area contributed by atoms with E-state index in [1.165, 1.54) is 18.4 Å². The number of carbonyl (C=O) groups is 2. The standard InChI is InChI=1S/C21H30N2O3.CH2O2/c1-25-14-20(24)22-12-17-18-13-23(15-21(18)10-9-19(17)26-21)11-5-8-16-6-3-2-4-7-16;2-1-3/h2-4,6-7,17-19H,5,8-15H2,1H3,(H,22,24);1H,(H,2,3)/t17-,18+,19+,21+;/m0./s1. The second-order valence-electron chi connectivity index (χ2n) is 8.20. The number of fused-ring (bicyclic) bond motifs is 1. The van der Waals surface area contributed by atoms with Gasteiger partial charge >= 0.3 is 0 Å². The SMILES string of the molecule is COCC(=O)NC[C@H]1[C@H]2CN(CCCc3ccccc3)C[C@]23CC[C@H]1O3.O=CO. The van der Waals surface area contributed by atoms with Gasteiger partial charge in [-0.25, -0.2) is 0 Å². The van der Waals surface area contributed by atoms with Crippen LogP contribution in [0.3, 0.4) is 0 Å². The van der Waals surface area contributed by atoms with Crippen LogP contribution in [0, 0.1) is 11.8 Å². The van der Waals surface area contributed by atoms with E-state index in [9.17, 15) is 4.79 Å². The van der Waals surface area contributed by atoms with E-state index in [1.54, 1.807) is 7.11 Å². The molecule has 3 fully saturated rings. The Balaban J connectivity index is 0.000000755. The average Bonchev–Trinajstić information content (AvgIpc) is 3.36. The van der Waals surface area contributed by atoms with Gasteiger partial charge in [0, 0.05) is 38.6 Å². The number of methoxy groups -OCH3 is 1. The smallest absolute Gasteiger partial charge is 0.290 e. The largest absolute Gasteiger partial charge is 0.483 e. The van der Waals surface area contributed by atoms with Crippen molar-refractivity contribution in [2.45, 2.75) is 37.4 Å². The fourth-order valence-electron chi connectivity index (χ4n) is 5.30. The third-order valence-corrected chi connectivity index (χ3v) is 6.45. The molecule has 160 valence electrons. The van der Waals surface area contributed by atoms with Crippen molar-refractivity contribution in [3.8, 4) is 0 Å². The van der Waals surface area contributed by atoms with Crippen LogP contribution in [-0.4, -0.2) is 74.0 Å². The molecule has 0 unspecified atom stereocenters. The van der Waals surface area contributed by atoms with Gasteiger partial charge in [-0.3, -0.25) is 9.59 Å². The summed E-state index contributed by atoms with van der Waals surface area (Å²) in [6, 6.07) is 10.7. The van der Waals surface area contributed by atoms with Crippen LogP contribution >= 0.6 is 0 Å². The molecule has 3 aliphatic heterocycles. The Hall–Kier alpha value is -1.96. The first-order valence-corrected chi connectivity index (χ1v) is 10.4. The third-order valence-electron chi connectivity index (χ3n) is 6.45. The van der Waals surface area contributed by atoms with Crippen molar-refractivity contribution in [2.24, 2.45) is 11.8 Å². The van der Waals surface area contributed by atoms with Gasteiger partial charge in [-0.05, 0) is 37.8 Å². The van der Waals surface area contributed by atoms with Gasteiger partial charge in [0.2, 0.25) is 5.91 Å². The van der Waals surface area contributed by atoms with Gasteiger partial charge < -0.3 is 24.8 Å². The maximum Gasteiger partial charge on any atom is 0.290 e. The van der Waals surface area contributed by atoms with Gasteiger partial charge in [0.05, 0.1) is 11.7 Å². The van der Waals surface area contributed by atoms with Gasteiger partial charge in [-0.1, -0.05) is 30.3 Å². The summed E-state index contributed by atoms with van der Waals surface area (Å²) in [7, 11) is 1.56. The second kappa shape index (κ2) is 10.2. The second-order valence-corrected chi connectivity index (χ2v) is 8.20. The first-order chi connectivity index (χ1) is 14.1. The Morgan fingerprint density at radius 3 is 2.90 bits per heavy atom. The van der Waals surface area contributed by atoms with Gasteiger partial charge in [0.15, 0.2) is 0 Å². The van der Waals surface area contributed by atoms with Crippen LogP contribution in [0.5, 0.6) is 0 Å². The Morgan fingerprint density at radius 2 is 2.17 bits per heavy atom. The molecule has 3 heterocycles. The number of hydrogen-bond donors (Lipinski definition) is 2. The van der Waals surface area contributed by atoms with Crippen molar-refractivity contribution < 1.29 is 24.2 Å². The van der Waals surface area contributed by atoms with E-state index in [0.717, 1.165) is 39.0 Å². The number of nitrogens with zero attached hydrogens (tertiary/aromatic N) is 1. The lowest BCUT2D eigenvalue weighted by molar-refractivity contribution is -0.125. The van der Waals surface area contributed by atoms with Crippen LogP contribution in [0.25, 0.3) is 0 Å². The number of amides is 1. The number of carbonyl (C=O) groups excluding carboxylic acids is 1. The summed E-state index contributed by atoms with van der Waals surface area (Å²) in [5.41, 5.74) is 1.47. The van der Waals surface area contributed by atoms with Crippen molar-refractivity contribution >= 4 is 12.4 Å². The quantitative estimate of drug-likeness (QED) is 0.640. The fourth-order valence-corrected chi connectivity index (χ4v) is 5.30. The van der Waals surface area contributed by atoms with Crippen LogP contribution in [0.15, 0.2) is 30.3 Å². The zero-order valence-electron chi connectivity index (χ0n) is 17.1. The van der Waals surface area contributed by atoms with E-state index in [1.807, 2.05) is 0 Å². The lowest BCUT2D eigenvalue weighted by Crippen LogP contribution is -2.42. The van der Waals surface area contributed by atoms with Crippen molar-refractivity contribution in [1.82, 2.24) is 10.2 Å². The monoisotopic (exact) mass is 404 g/mol. The molecule has 7 nitrogen and oxygen atoms in total. The maximum absolute atomic E-state index is 11.7.